The molecule has 200 valence electrons. The van der Waals surface area contributed by atoms with Gasteiger partial charge in [-0.05, 0) is 0 Å². The average molecular weight is 504 g/mol. The Labute approximate surface area is 192 Å². The molecule has 0 bridgehead atoms. The molecule has 12 N–H and O–H groups in total. The summed E-state index contributed by atoms with van der Waals surface area (Å²) in [6, 6.07) is 0. The summed E-state index contributed by atoms with van der Waals surface area (Å²) in [4.78, 5) is 0. The van der Waals surface area contributed by atoms with Crippen LogP contribution in [0.3, 0.4) is 0 Å². The monoisotopic (exact) mass is 504 g/mol. The molecule has 16 heteroatoms. The molecule has 16 nitrogen and oxygen atoms in total. The molecule has 3 heterocycles. The zero-order valence-electron chi connectivity index (χ0n) is 17.8. The van der Waals surface area contributed by atoms with Gasteiger partial charge in [0.05, 0.1) is 25.9 Å². The minimum atomic E-state index is -2.91. The highest BCUT2D eigenvalue weighted by Crippen LogP contribution is 2.46. The summed E-state index contributed by atoms with van der Waals surface area (Å²) in [5.74, 6) is -8.20. The van der Waals surface area contributed by atoms with E-state index in [1.54, 1.807) is 0 Å². The van der Waals surface area contributed by atoms with E-state index < -0.39 is 111 Å². The molecule has 3 aliphatic rings. The van der Waals surface area contributed by atoms with Crippen molar-refractivity contribution in [2.75, 3.05) is 26.4 Å². The number of aliphatic hydroxyl groups is 12. The van der Waals surface area contributed by atoms with Crippen LogP contribution in [-0.2, 0) is 18.9 Å². The van der Waals surface area contributed by atoms with Crippen LogP contribution in [0, 0.1) is 0 Å². The molecule has 3 saturated heterocycles. The van der Waals surface area contributed by atoms with Crippen LogP contribution in [0.5, 0.6) is 0 Å². The predicted octanol–water partition coefficient (Wildman–Crippen LogP) is -7.83. The van der Waals surface area contributed by atoms with E-state index in [0.29, 0.717) is 0 Å². The fraction of sp³-hybridized carbons (Fsp3) is 1.00. The highest BCUT2D eigenvalue weighted by molar-refractivity contribution is 5.07. The molecule has 3 rings (SSSR count). The Morgan fingerprint density at radius 3 is 1.76 bits per heavy atom. The summed E-state index contributed by atoms with van der Waals surface area (Å²) >= 11 is 0. The van der Waals surface area contributed by atoms with E-state index in [-0.39, 0.29) is 0 Å². The quantitative estimate of drug-likeness (QED) is 0.153. The van der Waals surface area contributed by atoms with Crippen LogP contribution in [0.25, 0.3) is 0 Å². The van der Waals surface area contributed by atoms with Gasteiger partial charge in [-0.1, -0.05) is 0 Å². The Morgan fingerprint density at radius 1 is 0.676 bits per heavy atom. The van der Waals surface area contributed by atoms with Gasteiger partial charge in [-0.15, -0.1) is 0 Å². The third-order valence-corrected chi connectivity index (χ3v) is 6.49. The normalized spacial score (nSPS) is 54.4. The molecule has 34 heavy (non-hydrogen) atoms. The number of rotatable bonds is 7. The molecule has 0 aromatic heterocycles. The van der Waals surface area contributed by atoms with Gasteiger partial charge in [0.15, 0.2) is 0 Å². The van der Waals surface area contributed by atoms with Gasteiger partial charge in [-0.3, -0.25) is 0 Å². The molecule has 0 radical (unpaired) electrons. The van der Waals surface area contributed by atoms with Crippen LogP contribution >= 0.6 is 0 Å². The third-order valence-electron chi connectivity index (χ3n) is 6.49. The highest BCUT2D eigenvalue weighted by Gasteiger charge is 2.67. The summed E-state index contributed by atoms with van der Waals surface area (Å²) in [6.45, 7) is -4.31. The lowest BCUT2D eigenvalue weighted by atomic mass is 9.83. The van der Waals surface area contributed by atoms with Gasteiger partial charge in [0.2, 0.25) is 17.4 Å². The molecule has 3 fully saturated rings. The molecule has 2 unspecified atom stereocenters. The first kappa shape index (κ1) is 27.9. The first-order chi connectivity index (χ1) is 15.8. The lowest BCUT2D eigenvalue weighted by molar-refractivity contribution is -0.468. The Hall–Kier alpha value is -0.640. The van der Waals surface area contributed by atoms with Gasteiger partial charge in [0.1, 0.15) is 61.5 Å². The third kappa shape index (κ3) is 4.37. The zero-order valence-corrected chi connectivity index (χ0v) is 17.8. The molecule has 0 aromatic carbocycles. The van der Waals surface area contributed by atoms with Gasteiger partial charge in [0, 0.05) is 6.42 Å². The van der Waals surface area contributed by atoms with Crippen molar-refractivity contribution < 1.29 is 80.2 Å². The molecule has 0 amide bonds. The average Bonchev–Trinajstić information content (AvgIpc) is 3.07. The minimum Gasteiger partial charge on any atom is -0.394 e. The summed E-state index contributed by atoms with van der Waals surface area (Å²) in [5, 5.41) is 121. The van der Waals surface area contributed by atoms with Crippen molar-refractivity contribution in [2.24, 2.45) is 0 Å². The number of hydrogen-bond donors (Lipinski definition) is 12. The highest BCUT2D eigenvalue weighted by atomic mass is 16.8. The summed E-state index contributed by atoms with van der Waals surface area (Å²) in [6.07, 6.45) is -20.1. The van der Waals surface area contributed by atoms with E-state index in [1.165, 1.54) is 0 Å². The van der Waals surface area contributed by atoms with Crippen LogP contribution in [0.15, 0.2) is 0 Å². The standard InChI is InChI=1S/C18H32O16/c19-2-7-9(24)6(23)1-17(31-7,15-12(27)11(26)13(28)16(30,4-21)33-15)34-18(5-22)14(29)10(25)8(3-20)32-18/h6-15,19-30H,1-5H2/t6-,7-,8-,9+,10-,11-,12+,13+,14+,15?,16+,17-,18?/m1/s1. The number of ether oxygens (including phenoxy) is 4. The van der Waals surface area contributed by atoms with Crippen molar-refractivity contribution in [2.45, 2.75) is 84.8 Å². The molecule has 0 saturated carbocycles. The summed E-state index contributed by atoms with van der Waals surface area (Å²) < 4.78 is 21.8. The first-order valence-electron chi connectivity index (χ1n) is 10.5. The number of hydrogen-bond acceptors (Lipinski definition) is 16. The van der Waals surface area contributed by atoms with Crippen molar-refractivity contribution in [3.8, 4) is 0 Å². The maximum atomic E-state index is 10.7. The Balaban J connectivity index is 2.11. The van der Waals surface area contributed by atoms with Gasteiger partial charge < -0.3 is 80.2 Å². The maximum Gasteiger partial charge on any atom is 0.224 e. The maximum absolute atomic E-state index is 10.7. The van der Waals surface area contributed by atoms with E-state index in [4.69, 9.17) is 18.9 Å². The molecule has 0 aliphatic carbocycles. The lowest BCUT2D eigenvalue weighted by Gasteiger charge is -2.56. The van der Waals surface area contributed by atoms with Gasteiger partial charge in [-0.2, -0.15) is 0 Å². The Bertz CT molecular complexity index is 699. The lowest BCUT2D eigenvalue weighted by Crippen LogP contribution is -2.75. The second-order valence-corrected chi connectivity index (χ2v) is 8.73. The van der Waals surface area contributed by atoms with Crippen molar-refractivity contribution in [3.63, 3.8) is 0 Å². The Morgan fingerprint density at radius 2 is 1.26 bits per heavy atom. The SMILES string of the molecule is OC[C@H]1OC(CO)(O[C@@]2(C3O[C@@](O)(CO)[C@@H](O)[C@H](O)[C@@H]3O)C[C@@H](O)[C@H](O)[C@@H](CO)O2)[C@@H](O)[C@@H]1O. The van der Waals surface area contributed by atoms with Crippen LogP contribution in [0.4, 0.5) is 0 Å². The van der Waals surface area contributed by atoms with Gasteiger partial charge in [-0.25, -0.2) is 0 Å². The van der Waals surface area contributed by atoms with E-state index in [9.17, 15) is 61.3 Å². The molecule has 13 atom stereocenters. The smallest absolute Gasteiger partial charge is 0.224 e. The largest absolute Gasteiger partial charge is 0.394 e. The summed E-state index contributed by atoms with van der Waals surface area (Å²) in [7, 11) is 0. The number of aliphatic hydroxyl groups excluding tert-OH is 11. The van der Waals surface area contributed by atoms with Crippen LogP contribution in [0.1, 0.15) is 6.42 Å². The van der Waals surface area contributed by atoms with E-state index in [2.05, 4.69) is 0 Å². The van der Waals surface area contributed by atoms with Gasteiger partial charge in [0.25, 0.3) is 0 Å². The van der Waals surface area contributed by atoms with Crippen LogP contribution in [-0.4, -0.2) is 166 Å². The molecular formula is C18H32O16. The molecule has 0 aromatic rings. The van der Waals surface area contributed by atoms with Crippen molar-refractivity contribution in [1.82, 2.24) is 0 Å². The minimum absolute atomic E-state index is 0.838. The van der Waals surface area contributed by atoms with Gasteiger partial charge >= 0.3 is 0 Å². The van der Waals surface area contributed by atoms with Crippen molar-refractivity contribution >= 4 is 0 Å². The topological polar surface area (TPSA) is 280 Å². The van der Waals surface area contributed by atoms with Crippen molar-refractivity contribution in [1.29, 1.82) is 0 Å². The van der Waals surface area contributed by atoms with Crippen LogP contribution in [0.2, 0.25) is 0 Å². The fourth-order valence-electron chi connectivity index (χ4n) is 4.50. The zero-order chi connectivity index (χ0) is 25.6. The molecule has 0 spiro atoms. The first-order valence-corrected chi connectivity index (χ1v) is 10.5. The van der Waals surface area contributed by atoms with E-state index in [0.717, 1.165) is 0 Å². The summed E-state index contributed by atoms with van der Waals surface area (Å²) in [5.41, 5.74) is 0. The fourth-order valence-corrected chi connectivity index (χ4v) is 4.50. The molecule has 3 aliphatic heterocycles. The predicted molar refractivity (Wildman–Crippen MR) is 101 cm³/mol. The van der Waals surface area contributed by atoms with Crippen molar-refractivity contribution in [3.05, 3.63) is 0 Å². The Kier molecular flexibility index (Phi) is 8.23. The van der Waals surface area contributed by atoms with E-state index >= 15 is 0 Å². The van der Waals surface area contributed by atoms with E-state index in [1.807, 2.05) is 0 Å². The molecular weight excluding hydrogens is 472 g/mol. The second-order valence-electron chi connectivity index (χ2n) is 8.73. The second kappa shape index (κ2) is 10.0. The van der Waals surface area contributed by atoms with Crippen LogP contribution < -0.4 is 0 Å².